The van der Waals surface area contributed by atoms with Crippen molar-refractivity contribution in [1.29, 1.82) is 0 Å². The van der Waals surface area contributed by atoms with Crippen LogP contribution in [-0.4, -0.2) is 37.7 Å². The third-order valence-corrected chi connectivity index (χ3v) is 6.39. The molecule has 10 heteroatoms. The van der Waals surface area contributed by atoms with Gasteiger partial charge in [-0.05, 0) is 31.2 Å². The zero-order chi connectivity index (χ0) is 23.1. The van der Waals surface area contributed by atoms with E-state index in [-0.39, 0.29) is 0 Å². The molecule has 1 N–H and O–H groups in total. The van der Waals surface area contributed by atoms with Crippen molar-refractivity contribution in [1.82, 2.24) is 4.98 Å². The molecule has 0 fully saturated rings. The quantitative estimate of drug-likeness (QED) is 0.324. The molecule has 1 heterocycles. The summed E-state index contributed by atoms with van der Waals surface area (Å²) in [7, 11) is 2.92. The number of nitrogens with one attached hydrogen (secondary N) is 1. The molecule has 0 saturated heterocycles. The third-order valence-electron chi connectivity index (χ3n) is 4.23. The number of ether oxygens (including phenoxy) is 3. The molecule has 3 rings (SSSR count). The zero-order valence-corrected chi connectivity index (χ0v) is 20.0. The number of nitrogens with zero attached hydrogens (tertiary/aromatic N) is 1. The molecule has 3 aromatic rings. The highest BCUT2D eigenvalue weighted by molar-refractivity contribution is 7.98. The summed E-state index contributed by atoms with van der Waals surface area (Å²) in [6, 6.07) is 10.1. The Kier molecular flexibility index (Phi) is 8.38. The Bertz CT molecular complexity index is 1100. The summed E-state index contributed by atoms with van der Waals surface area (Å²) in [5, 5.41) is 6.04. The van der Waals surface area contributed by atoms with Gasteiger partial charge in [-0.1, -0.05) is 11.6 Å². The molecule has 0 aliphatic carbocycles. The fourth-order valence-corrected chi connectivity index (χ4v) is 4.42. The van der Waals surface area contributed by atoms with Crippen molar-refractivity contribution in [3.05, 3.63) is 63.1 Å². The highest BCUT2D eigenvalue weighted by Gasteiger charge is 2.15. The average molecular weight is 493 g/mol. The Morgan fingerprint density at radius 3 is 2.47 bits per heavy atom. The molecule has 0 bridgehead atoms. The van der Waals surface area contributed by atoms with Crippen LogP contribution in [0.15, 0.2) is 46.7 Å². The SMILES string of the molecule is COc1cc(NC(=O)COC(=O)c2ccc(SCc3csc(C)n3)cc2)c(OC)cc1Cl. The van der Waals surface area contributed by atoms with Gasteiger partial charge >= 0.3 is 5.97 Å². The lowest BCUT2D eigenvalue weighted by molar-refractivity contribution is -0.119. The van der Waals surface area contributed by atoms with Gasteiger partial charge in [-0.25, -0.2) is 9.78 Å². The fraction of sp³-hybridized carbons (Fsp3) is 0.227. The van der Waals surface area contributed by atoms with Crippen LogP contribution in [0.25, 0.3) is 0 Å². The lowest BCUT2D eigenvalue weighted by Crippen LogP contribution is -2.21. The first-order valence-corrected chi connectivity index (χ1v) is 11.7. The second-order valence-electron chi connectivity index (χ2n) is 6.48. The Morgan fingerprint density at radius 1 is 1.12 bits per heavy atom. The standard InChI is InChI=1S/C22H21ClN2O5S2/c1-13-24-15(11-31-13)12-32-16-6-4-14(5-7-16)22(27)30-10-21(26)25-18-9-19(28-2)17(23)8-20(18)29-3/h4-9,11H,10,12H2,1-3H3,(H,25,26). The van der Waals surface area contributed by atoms with Gasteiger partial charge in [0.15, 0.2) is 6.61 Å². The number of amides is 1. The number of benzene rings is 2. The van der Waals surface area contributed by atoms with Crippen molar-refractivity contribution in [2.75, 3.05) is 26.1 Å². The van der Waals surface area contributed by atoms with Gasteiger partial charge in [-0.3, -0.25) is 4.79 Å². The van der Waals surface area contributed by atoms with Gasteiger partial charge in [-0.15, -0.1) is 23.1 Å². The van der Waals surface area contributed by atoms with E-state index in [1.165, 1.54) is 26.4 Å². The molecule has 1 amide bonds. The summed E-state index contributed by atoms with van der Waals surface area (Å²) in [5.41, 5.74) is 1.74. The number of methoxy groups -OCH3 is 2. The summed E-state index contributed by atoms with van der Waals surface area (Å²) in [6.45, 7) is 1.52. The number of hydrogen-bond donors (Lipinski definition) is 1. The van der Waals surface area contributed by atoms with Gasteiger partial charge in [0.2, 0.25) is 0 Å². The molecule has 2 aromatic carbocycles. The van der Waals surface area contributed by atoms with Crippen LogP contribution in [0.3, 0.4) is 0 Å². The van der Waals surface area contributed by atoms with Crippen molar-refractivity contribution in [3.63, 3.8) is 0 Å². The topological polar surface area (TPSA) is 86.8 Å². The van der Waals surface area contributed by atoms with Crippen molar-refractivity contribution < 1.29 is 23.8 Å². The largest absolute Gasteiger partial charge is 0.495 e. The number of rotatable bonds is 9. The summed E-state index contributed by atoms with van der Waals surface area (Å²) < 4.78 is 15.5. The second-order valence-corrected chi connectivity index (χ2v) is 9.00. The monoisotopic (exact) mass is 492 g/mol. The summed E-state index contributed by atoms with van der Waals surface area (Å²) >= 11 is 9.31. The Hall–Kier alpha value is -2.75. The minimum Gasteiger partial charge on any atom is -0.495 e. The molecule has 7 nitrogen and oxygen atoms in total. The highest BCUT2D eigenvalue weighted by atomic mass is 35.5. The predicted molar refractivity (Wildman–Crippen MR) is 126 cm³/mol. The number of thiazole rings is 1. The van der Waals surface area contributed by atoms with E-state index in [1.807, 2.05) is 24.4 Å². The normalized spacial score (nSPS) is 10.5. The van der Waals surface area contributed by atoms with Crippen molar-refractivity contribution in [2.45, 2.75) is 17.6 Å². The lowest BCUT2D eigenvalue weighted by atomic mass is 10.2. The number of aromatic nitrogens is 1. The van der Waals surface area contributed by atoms with Crippen molar-refractivity contribution in [2.24, 2.45) is 0 Å². The number of carbonyl (C=O) groups is 2. The van der Waals surface area contributed by atoms with E-state index in [0.29, 0.717) is 27.8 Å². The molecular formula is C22H21ClN2O5S2. The number of esters is 1. The van der Waals surface area contributed by atoms with Gasteiger partial charge in [0.1, 0.15) is 11.5 Å². The second kappa shape index (κ2) is 11.2. The number of halogens is 1. The minimum atomic E-state index is -0.590. The van der Waals surface area contributed by atoms with Crippen LogP contribution >= 0.6 is 34.7 Å². The van der Waals surface area contributed by atoms with E-state index in [0.717, 1.165) is 21.3 Å². The predicted octanol–water partition coefficient (Wildman–Crippen LogP) is 5.21. The lowest BCUT2D eigenvalue weighted by Gasteiger charge is -2.13. The average Bonchev–Trinajstić information content (AvgIpc) is 3.22. The molecule has 0 aliphatic rings. The van der Waals surface area contributed by atoms with E-state index < -0.39 is 18.5 Å². The van der Waals surface area contributed by atoms with Crippen LogP contribution < -0.4 is 14.8 Å². The first-order valence-electron chi connectivity index (χ1n) is 9.42. The van der Waals surface area contributed by atoms with Crippen LogP contribution in [0.4, 0.5) is 5.69 Å². The first kappa shape index (κ1) is 23.9. The molecule has 32 heavy (non-hydrogen) atoms. The van der Waals surface area contributed by atoms with E-state index >= 15 is 0 Å². The van der Waals surface area contributed by atoms with Gasteiger partial charge in [0, 0.05) is 28.2 Å². The van der Waals surface area contributed by atoms with Gasteiger partial charge in [0.05, 0.1) is 41.2 Å². The van der Waals surface area contributed by atoms with Crippen LogP contribution in [0.2, 0.25) is 5.02 Å². The maximum Gasteiger partial charge on any atom is 0.338 e. The Labute approximate surface area is 199 Å². The van der Waals surface area contributed by atoms with Gasteiger partial charge in [0.25, 0.3) is 5.91 Å². The van der Waals surface area contributed by atoms with Crippen LogP contribution in [0.1, 0.15) is 21.1 Å². The Balaban J connectivity index is 1.52. The number of thioether (sulfide) groups is 1. The number of carbonyl (C=O) groups excluding carboxylic acids is 2. The van der Waals surface area contributed by atoms with E-state index in [2.05, 4.69) is 10.3 Å². The van der Waals surface area contributed by atoms with Gasteiger partial charge in [-0.2, -0.15) is 0 Å². The van der Waals surface area contributed by atoms with Crippen LogP contribution in [0, 0.1) is 6.92 Å². The zero-order valence-electron chi connectivity index (χ0n) is 17.6. The van der Waals surface area contributed by atoms with Crippen molar-refractivity contribution in [3.8, 4) is 11.5 Å². The van der Waals surface area contributed by atoms with Crippen LogP contribution in [-0.2, 0) is 15.3 Å². The number of aryl methyl sites for hydroxylation is 1. The molecular weight excluding hydrogens is 472 g/mol. The molecule has 0 atom stereocenters. The first-order chi connectivity index (χ1) is 15.4. The summed E-state index contributed by atoms with van der Waals surface area (Å²) in [4.78, 5) is 30.0. The molecule has 0 spiro atoms. The molecule has 168 valence electrons. The van der Waals surface area contributed by atoms with E-state index in [9.17, 15) is 9.59 Å². The number of anilines is 1. The Morgan fingerprint density at radius 2 is 1.84 bits per heavy atom. The minimum absolute atomic E-state index is 0.345. The van der Waals surface area contributed by atoms with Crippen LogP contribution in [0.5, 0.6) is 11.5 Å². The summed E-state index contributed by atoms with van der Waals surface area (Å²) in [5.74, 6) is 0.381. The third kappa shape index (κ3) is 6.38. The molecule has 1 aromatic heterocycles. The highest BCUT2D eigenvalue weighted by Crippen LogP contribution is 2.35. The molecule has 0 unspecified atom stereocenters. The molecule has 0 saturated carbocycles. The molecule has 0 radical (unpaired) electrons. The van der Waals surface area contributed by atoms with E-state index in [1.54, 1.807) is 35.2 Å². The maximum atomic E-state index is 12.3. The van der Waals surface area contributed by atoms with Gasteiger partial charge < -0.3 is 19.5 Å². The fourth-order valence-electron chi connectivity index (χ4n) is 2.68. The molecule has 0 aliphatic heterocycles. The smallest absolute Gasteiger partial charge is 0.338 e. The van der Waals surface area contributed by atoms with Crippen molar-refractivity contribution >= 4 is 52.3 Å². The van der Waals surface area contributed by atoms with E-state index in [4.69, 9.17) is 25.8 Å². The summed E-state index contributed by atoms with van der Waals surface area (Å²) in [6.07, 6.45) is 0. The number of hydrogen-bond acceptors (Lipinski definition) is 8. The maximum absolute atomic E-state index is 12.3.